The molecule has 0 aromatic rings. The largest absolute Gasteiger partial charge is 0.372 e. The number of carbonyl (C=O) groups excluding carboxylic acids is 1. The third kappa shape index (κ3) is 4.45. The van der Waals surface area contributed by atoms with Gasteiger partial charge in [-0.3, -0.25) is 4.79 Å². The highest BCUT2D eigenvalue weighted by Gasteiger charge is 2.09. The maximum Gasteiger partial charge on any atom is 0.159 e. The molecule has 0 aliphatic carbocycles. The van der Waals surface area contributed by atoms with Crippen LogP contribution in [0.5, 0.6) is 0 Å². The van der Waals surface area contributed by atoms with Gasteiger partial charge in [0.05, 0.1) is 0 Å². The van der Waals surface area contributed by atoms with Gasteiger partial charge in [-0.1, -0.05) is 13.8 Å². The quantitative estimate of drug-likeness (QED) is 0.632. The van der Waals surface area contributed by atoms with Gasteiger partial charge in [-0.05, 0) is 33.8 Å². The molecule has 0 rings (SSSR count). The highest BCUT2D eigenvalue weighted by molar-refractivity contribution is 5.91. The second kappa shape index (κ2) is 5.84. The van der Waals surface area contributed by atoms with E-state index in [0.29, 0.717) is 12.1 Å². The monoisotopic (exact) mass is 197 g/mol. The van der Waals surface area contributed by atoms with E-state index in [-0.39, 0.29) is 11.7 Å². The minimum absolute atomic E-state index is 0.0902. The summed E-state index contributed by atoms with van der Waals surface area (Å²) < 4.78 is 0. The van der Waals surface area contributed by atoms with Crippen LogP contribution in [0.25, 0.3) is 0 Å². The van der Waals surface area contributed by atoms with Gasteiger partial charge < -0.3 is 4.90 Å². The van der Waals surface area contributed by atoms with E-state index in [1.165, 1.54) is 0 Å². The molecule has 0 aliphatic heterocycles. The zero-order valence-electron chi connectivity index (χ0n) is 10.2. The molecule has 0 aliphatic rings. The molecule has 0 spiro atoms. The maximum absolute atomic E-state index is 11.4. The fourth-order valence-corrected chi connectivity index (χ4v) is 1.29. The first-order valence-corrected chi connectivity index (χ1v) is 5.35. The van der Waals surface area contributed by atoms with Crippen LogP contribution < -0.4 is 0 Å². The Kier molecular flexibility index (Phi) is 5.51. The van der Waals surface area contributed by atoms with Gasteiger partial charge in [0.1, 0.15) is 0 Å². The van der Waals surface area contributed by atoms with Crippen molar-refractivity contribution in [1.82, 2.24) is 4.90 Å². The van der Waals surface area contributed by atoms with Gasteiger partial charge in [0.2, 0.25) is 0 Å². The topological polar surface area (TPSA) is 20.3 Å². The summed E-state index contributed by atoms with van der Waals surface area (Å²) in [5.74, 6) is 0.281. The zero-order chi connectivity index (χ0) is 11.3. The van der Waals surface area contributed by atoms with Crippen molar-refractivity contribution in [2.24, 2.45) is 5.92 Å². The second-order valence-electron chi connectivity index (χ2n) is 4.51. The lowest BCUT2D eigenvalue weighted by Gasteiger charge is -2.29. The first-order chi connectivity index (χ1) is 6.36. The van der Waals surface area contributed by atoms with E-state index in [0.717, 1.165) is 0 Å². The van der Waals surface area contributed by atoms with Crippen LogP contribution in [0.4, 0.5) is 0 Å². The average molecular weight is 197 g/mol. The Morgan fingerprint density at radius 1 is 1.00 bits per heavy atom. The minimum Gasteiger partial charge on any atom is -0.372 e. The molecule has 0 bridgehead atoms. The first-order valence-electron chi connectivity index (χ1n) is 5.35. The highest BCUT2D eigenvalue weighted by Crippen LogP contribution is 2.06. The molecule has 0 atom stereocenters. The molecule has 2 nitrogen and oxygen atoms in total. The molecule has 0 amide bonds. The molecule has 0 unspecified atom stereocenters. The average Bonchev–Trinajstić information content (AvgIpc) is 2.02. The smallest absolute Gasteiger partial charge is 0.159 e. The summed E-state index contributed by atoms with van der Waals surface area (Å²) in [7, 11) is 0. The standard InChI is InChI=1S/C12H23NO/c1-9(2)12(14)7-8-13(10(3)4)11(5)6/h7-11H,1-6H3/b8-7-. The molecule has 0 saturated heterocycles. The van der Waals surface area contributed by atoms with Crippen LogP contribution in [0, 0.1) is 5.92 Å². The zero-order valence-corrected chi connectivity index (χ0v) is 10.2. The molecule has 0 radical (unpaired) electrons. The number of ketones is 1. The molecular formula is C12H23NO. The third-order valence-corrected chi connectivity index (χ3v) is 2.17. The van der Waals surface area contributed by atoms with Gasteiger partial charge in [0, 0.05) is 24.2 Å². The predicted molar refractivity (Wildman–Crippen MR) is 61.1 cm³/mol. The molecule has 82 valence electrons. The van der Waals surface area contributed by atoms with E-state index in [9.17, 15) is 4.79 Å². The van der Waals surface area contributed by atoms with Gasteiger partial charge in [0.15, 0.2) is 5.78 Å². The van der Waals surface area contributed by atoms with Crippen molar-refractivity contribution in [3.05, 3.63) is 12.3 Å². The maximum atomic E-state index is 11.4. The summed E-state index contributed by atoms with van der Waals surface area (Å²) >= 11 is 0. The van der Waals surface area contributed by atoms with E-state index >= 15 is 0 Å². The molecule has 0 saturated carbocycles. The van der Waals surface area contributed by atoms with Gasteiger partial charge in [-0.15, -0.1) is 0 Å². The van der Waals surface area contributed by atoms with Crippen molar-refractivity contribution in [3.8, 4) is 0 Å². The van der Waals surface area contributed by atoms with Crippen molar-refractivity contribution in [3.63, 3.8) is 0 Å². The molecule has 0 aromatic heterocycles. The van der Waals surface area contributed by atoms with Crippen LogP contribution in [-0.2, 0) is 4.79 Å². The molecule has 0 fully saturated rings. The Morgan fingerprint density at radius 2 is 1.43 bits per heavy atom. The predicted octanol–water partition coefficient (Wildman–Crippen LogP) is 2.84. The molecular weight excluding hydrogens is 174 g/mol. The van der Waals surface area contributed by atoms with Crippen LogP contribution in [0.15, 0.2) is 12.3 Å². The number of rotatable bonds is 5. The highest BCUT2D eigenvalue weighted by atomic mass is 16.1. The lowest BCUT2D eigenvalue weighted by Crippen LogP contribution is -2.32. The lowest BCUT2D eigenvalue weighted by molar-refractivity contribution is -0.117. The van der Waals surface area contributed by atoms with E-state index in [4.69, 9.17) is 0 Å². The Labute approximate surface area is 88.0 Å². The Hall–Kier alpha value is -0.790. The second-order valence-corrected chi connectivity index (χ2v) is 4.51. The van der Waals surface area contributed by atoms with Crippen molar-refractivity contribution < 1.29 is 4.79 Å². The summed E-state index contributed by atoms with van der Waals surface area (Å²) in [6, 6.07) is 0.873. The normalized spacial score (nSPS) is 12.1. The van der Waals surface area contributed by atoms with Crippen molar-refractivity contribution in [1.29, 1.82) is 0 Å². The summed E-state index contributed by atoms with van der Waals surface area (Å²) in [6.45, 7) is 12.4. The van der Waals surface area contributed by atoms with Crippen LogP contribution in [0.2, 0.25) is 0 Å². The van der Waals surface area contributed by atoms with Crippen molar-refractivity contribution in [2.45, 2.75) is 53.6 Å². The first kappa shape index (κ1) is 13.2. The molecule has 0 N–H and O–H groups in total. The van der Waals surface area contributed by atoms with Gasteiger partial charge >= 0.3 is 0 Å². The fourth-order valence-electron chi connectivity index (χ4n) is 1.29. The van der Waals surface area contributed by atoms with Gasteiger partial charge in [0.25, 0.3) is 0 Å². The Bertz CT molecular complexity index is 196. The lowest BCUT2D eigenvalue weighted by atomic mass is 10.1. The van der Waals surface area contributed by atoms with E-state index in [1.807, 2.05) is 20.0 Å². The van der Waals surface area contributed by atoms with E-state index < -0.39 is 0 Å². The van der Waals surface area contributed by atoms with Crippen LogP contribution in [-0.4, -0.2) is 22.8 Å². The Balaban J connectivity index is 4.37. The molecule has 0 aromatic carbocycles. The Morgan fingerprint density at radius 3 is 1.71 bits per heavy atom. The van der Waals surface area contributed by atoms with Crippen molar-refractivity contribution >= 4 is 5.78 Å². The number of hydrogen-bond acceptors (Lipinski definition) is 2. The summed E-state index contributed by atoms with van der Waals surface area (Å²) in [4.78, 5) is 13.6. The number of hydrogen-bond donors (Lipinski definition) is 0. The van der Waals surface area contributed by atoms with Gasteiger partial charge in [-0.2, -0.15) is 0 Å². The number of allylic oxidation sites excluding steroid dienone is 1. The minimum atomic E-state index is 0.0902. The SMILES string of the molecule is CC(C)C(=O)/C=C\N(C(C)C)C(C)C. The van der Waals surface area contributed by atoms with Crippen LogP contribution >= 0.6 is 0 Å². The van der Waals surface area contributed by atoms with Crippen molar-refractivity contribution in [2.75, 3.05) is 0 Å². The summed E-state index contributed by atoms with van der Waals surface area (Å²) in [6.07, 6.45) is 3.60. The van der Waals surface area contributed by atoms with E-state index in [1.54, 1.807) is 6.08 Å². The molecule has 14 heavy (non-hydrogen) atoms. The number of nitrogens with zero attached hydrogens (tertiary/aromatic N) is 1. The summed E-state index contributed by atoms with van der Waals surface area (Å²) in [5.41, 5.74) is 0. The van der Waals surface area contributed by atoms with E-state index in [2.05, 4.69) is 32.6 Å². The molecule has 2 heteroatoms. The van der Waals surface area contributed by atoms with Crippen LogP contribution in [0.1, 0.15) is 41.5 Å². The number of carbonyl (C=O) groups is 1. The molecule has 0 heterocycles. The summed E-state index contributed by atoms with van der Waals surface area (Å²) in [5, 5.41) is 0. The van der Waals surface area contributed by atoms with Crippen LogP contribution in [0.3, 0.4) is 0 Å². The van der Waals surface area contributed by atoms with Gasteiger partial charge in [-0.25, -0.2) is 0 Å². The fraction of sp³-hybridized carbons (Fsp3) is 0.750. The third-order valence-electron chi connectivity index (χ3n) is 2.17.